The summed E-state index contributed by atoms with van der Waals surface area (Å²) in [5.74, 6) is 0.823. The largest absolute Gasteiger partial charge is 0.379 e. The third-order valence-corrected chi connectivity index (χ3v) is 6.31. The summed E-state index contributed by atoms with van der Waals surface area (Å²) in [5.41, 5.74) is 3.76. The number of hydrogen-bond donors (Lipinski definition) is 2. The molecule has 0 spiro atoms. The van der Waals surface area contributed by atoms with Crippen LogP contribution in [0.4, 0.5) is 0 Å². The Balaban J connectivity index is 1.62. The normalized spacial score (nSPS) is 15.9. The van der Waals surface area contributed by atoms with Gasteiger partial charge in [-0.3, -0.25) is 4.90 Å². The van der Waals surface area contributed by atoms with Crippen molar-refractivity contribution in [3.8, 4) is 0 Å². The summed E-state index contributed by atoms with van der Waals surface area (Å²) < 4.78 is 5.47. The molecule has 2 heterocycles. The number of nitrogens with one attached hydrogen (secondary N) is 2. The van der Waals surface area contributed by atoms with Crippen molar-refractivity contribution in [3.05, 3.63) is 51.5 Å². The third-order valence-electron chi connectivity index (χ3n) is 5.00. The fourth-order valence-corrected chi connectivity index (χ4v) is 4.19. The topological polar surface area (TPSA) is 61.8 Å². The lowest BCUT2D eigenvalue weighted by Crippen LogP contribution is -2.37. The van der Waals surface area contributed by atoms with Crippen molar-refractivity contribution in [2.24, 2.45) is 4.99 Å². The maximum Gasteiger partial charge on any atom is 0.191 e. The fourth-order valence-electron chi connectivity index (χ4n) is 3.28. The molecule has 2 N–H and O–H groups in total. The highest BCUT2D eigenvalue weighted by molar-refractivity contribution is 7.09. The zero-order valence-electron chi connectivity index (χ0n) is 18.7. The molecule has 1 aliphatic heterocycles. The summed E-state index contributed by atoms with van der Waals surface area (Å²) in [4.78, 5) is 12.1. The fraction of sp³-hybridized carbons (Fsp3) is 0.565. The molecule has 164 valence electrons. The summed E-state index contributed by atoms with van der Waals surface area (Å²) in [7, 11) is 0. The molecule has 1 aromatic carbocycles. The van der Waals surface area contributed by atoms with Gasteiger partial charge in [0.2, 0.25) is 0 Å². The maximum atomic E-state index is 5.47. The summed E-state index contributed by atoms with van der Waals surface area (Å²) >= 11 is 1.73. The Kier molecular flexibility index (Phi) is 8.24. The van der Waals surface area contributed by atoms with Crippen LogP contribution < -0.4 is 10.6 Å². The Hall–Kier alpha value is -1.96. The van der Waals surface area contributed by atoms with Crippen molar-refractivity contribution in [1.82, 2.24) is 20.5 Å². The smallest absolute Gasteiger partial charge is 0.191 e. The van der Waals surface area contributed by atoms with Gasteiger partial charge in [0.25, 0.3) is 0 Å². The number of ether oxygens (including phenoxy) is 1. The monoisotopic (exact) mass is 429 g/mol. The second-order valence-electron chi connectivity index (χ2n) is 8.60. The van der Waals surface area contributed by atoms with E-state index in [9.17, 15) is 0 Å². The van der Waals surface area contributed by atoms with E-state index in [-0.39, 0.29) is 5.41 Å². The molecule has 0 unspecified atom stereocenters. The van der Waals surface area contributed by atoms with Gasteiger partial charge in [-0.2, -0.15) is 0 Å². The van der Waals surface area contributed by atoms with Crippen LogP contribution >= 0.6 is 11.3 Å². The van der Waals surface area contributed by atoms with Gasteiger partial charge in [0.1, 0.15) is 0 Å². The van der Waals surface area contributed by atoms with Gasteiger partial charge in [-0.15, -0.1) is 11.3 Å². The molecule has 1 saturated heterocycles. The zero-order valence-corrected chi connectivity index (χ0v) is 19.5. The van der Waals surface area contributed by atoms with Crippen molar-refractivity contribution in [3.63, 3.8) is 0 Å². The van der Waals surface area contributed by atoms with E-state index in [1.165, 1.54) is 16.1 Å². The third kappa shape index (κ3) is 6.79. The molecule has 30 heavy (non-hydrogen) atoms. The molecule has 1 aliphatic rings. The zero-order chi connectivity index (χ0) is 21.4. The van der Waals surface area contributed by atoms with Crippen molar-refractivity contribution < 1.29 is 4.74 Å². The van der Waals surface area contributed by atoms with Gasteiger partial charge in [0.15, 0.2) is 5.96 Å². The maximum absolute atomic E-state index is 5.47. The number of morpholine rings is 1. The molecule has 0 bridgehead atoms. The van der Waals surface area contributed by atoms with Crippen LogP contribution in [0.15, 0.2) is 34.6 Å². The number of aliphatic imine (C=N–C) groups is 1. The lowest BCUT2D eigenvalue weighted by molar-refractivity contribution is 0.0341. The van der Waals surface area contributed by atoms with Crippen LogP contribution in [0.5, 0.6) is 0 Å². The molecule has 0 saturated carbocycles. The van der Waals surface area contributed by atoms with Crippen molar-refractivity contribution in [1.29, 1.82) is 0 Å². The van der Waals surface area contributed by atoms with Gasteiger partial charge >= 0.3 is 0 Å². The van der Waals surface area contributed by atoms with Gasteiger partial charge in [0.05, 0.1) is 37.0 Å². The minimum atomic E-state index is 0.0890. The number of guanidine groups is 1. The molecular weight excluding hydrogens is 394 g/mol. The van der Waals surface area contributed by atoms with Crippen molar-refractivity contribution in [2.75, 3.05) is 32.8 Å². The highest BCUT2D eigenvalue weighted by atomic mass is 32.1. The van der Waals surface area contributed by atoms with Gasteiger partial charge in [-0.05, 0) is 18.1 Å². The summed E-state index contributed by atoms with van der Waals surface area (Å²) in [6, 6.07) is 8.60. The molecule has 3 rings (SSSR count). The average Bonchev–Trinajstić information content (AvgIpc) is 3.21. The Labute approximate surface area is 184 Å². The van der Waals surface area contributed by atoms with E-state index >= 15 is 0 Å². The Morgan fingerprint density at radius 1 is 1.17 bits per heavy atom. The number of thiazole rings is 1. The first kappa shape index (κ1) is 22.7. The van der Waals surface area contributed by atoms with Crippen LogP contribution in [-0.2, 0) is 29.8 Å². The number of rotatable bonds is 7. The van der Waals surface area contributed by atoms with Gasteiger partial charge in [-0.1, -0.05) is 45.0 Å². The van der Waals surface area contributed by atoms with E-state index in [0.29, 0.717) is 13.1 Å². The van der Waals surface area contributed by atoms with E-state index < -0.39 is 0 Å². The standard InChI is InChI=1S/C23H35N5OS/c1-5-24-22(26-15-20-17-30-21(27-20)23(2,3)4)25-14-18-8-6-7-9-19(18)16-28-10-12-29-13-11-28/h6-9,17H,5,10-16H2,1-4H3,(H2,24,25,26). The minimum Gasteiger partial charge on any atom is -0.379 e. The number of aromatic nitrogens is 1. The first-order chi connectivity index (χ1) is 14.5. The quantitative estimate of drug-likeness (QED) is 0.521. The first-order valence-corrected chi connectivity index (χ1v) is 11.7. The van der Waals surface area contributed by atoms with Gasteiger partial charge in [0, 0.05) is 37.0 Å². The molecule has 7 heteroatoms. The minimum absolute atomic E-state index is 0.0890. The average molecular weight is 430 g/mol. The summed E-state index contributed by atoms with van der Waals surface area (Å²) in [6.07, 6.45) is 0. The molecule has 6 nitrogen and oxygen atoms in total. The van der Waals surface area contributed by atoms with Crippen LogP contribution in [0.25, 0.3) is 0 Å². The Morgan fingerprint density at radius 3 is 2.57 bits per heavy atom. The highest BCUT2D eigenvalue weighted by Crippen LogP contribution is 2.25. The molecule has 0 radical (unpaired) electrons. The van der Waals surface area contributed by atoms with E-state index in [2.05, 4.69) is 72.9 Å². The second kappa shape index (κ2) is 10.9. The number of hydrogen-bond acceptors (Lipinski definition) is 5. The lowest BCUT2D eigenvalue weighted by atomic mass is 9.98. The Morgan fingerprint density at radius 2 is 1.90 bits per heavy atom. The first-order valence-electron chi connectivity index (χ1n) is 10.8. The molecule has 1 aromatic heterocycles. The van der Waals surface area contributed by atoms with E-state index in [0.717, 1.165) is 51.0 Å². The molecule has 0 aliphatic carbocycles. The second-order valence-corrected chi connectivity index (χ2v) is 9.46. The number of benzene rings is 1. The van der Waals surface area contributed by atoms with Crippen molar-refractivity contribution >= 4 is 17.3 Å². The summed E-state index contributed by atoms with van der Waals surface area (Å²) in [6.45, 7) is 15.4. The van der Waals surface area contributed by atoms with Crippen LogP contribution in [0.1, 0.15) is 49.5 Å². The van der Waals surface area contributed by atoms with Crippen LogP contribution in [-0.4, -0.2) is 48.7 Å². The van der Waals surface area contributed by atoms with Crippen molar-refractivity contribution in [2.45, 2.75) is 52.7 Å². The van der Waals surface area contributed by atoms with Gasteiger partial charge < -0.3 is 15.4 Å². The molecule has 1 fully saturated rings. The van der Waals surface area contributed by atoms with Gasteiger partial charge in [-0.25, -0.2) is 9.98 Å². The highest BCUT2D eigenvalue weighted by Gasteiger charge is 2.18. The molecular formula is C23H35N5OS. The van der Waals surface area contributed by atoms with Crippen LogP contribution in [0, 0.1) is 0 Å². The van der Waals surface area contributed by atoms with Crippen LogP contribution in [0.2, 0.25) is 0 Å². The predicted octanol–water partition coefficient (Wildman–Crippen LogP) is 3.53. The lowest BCUT2D eigenvalue weighted by Gasteiger charge is -2.27. The predicted molar refractivity (Wildman–Crippen MR) is 125 cm³/mol. The SMILES string of the molecule is CCNC(=NCc1ccccc1CN1CCOCC1)NCc1csc(C(C)(C)C)n1. The Bertz CT molecular complexity index is 821. The molecule has 0 atom stereocenters. The van der Waals surface area contributed by atoms with E-state index in [1.807, 2.05) is 0 Å². The summed E-state index contributed by atoms with van der Waals surface area (Å²) in [5, 5.41) is 10.1. The van der Waals surface area contributed by atoms with E-state index in [1.54, 1.807) is 11.3 Å². The van der Waals surface area contributed by atoms with E-state index in [4.69, 9.17) is 14.7 Å². The number of nitrogens with zero attached hydrogens (tertiary/aromatic N) is 3. The molecule has 0 amide bonds. The molecule has 2 aromatic rings. The van der Waals surface area contributed by atoms with Crippen LogP contribution in [0.3, 0.4) is 0 Å².